The second-order valence-electron chi connectivity index (χ2n) is 6.72. The van der Waals surface area contributed by atoms with Crippen LogP contribution in [0.15, 0.2) is 35.3 Å². The van der Waals surface area contributed by atoms with Crippen LogP contribution in [0.1, 0.15) is 32.8 Å². The highest BCUT2D eigenvalue weighted by Gasteiger charge is 2.33. The molecule has 1 aromatic carbocycles. The average Bonchev–Trinajstić information content (AvgIpc) is 3.11. The summed E-state index contributed by atoms with van der Waals surface area (Å²) in [4.78, 5) is 4.31. The minimum Gasteiger partial charge on any atom is -0.356 e. The van der Waals surface area contributed by atoms with E-state index in [0.29, 0.717) is 6.04 Å². The van der Waals surface area contributed by atoms with Gasteiger partial charge < -0.3 is 10.6 Å². The van der Waals surface area contributed by atoms with Gasteiger partial charge in [0.25, 0.3) is 0 Å². The van der Waals surface area contributed by atoms with Gasteiger partial charge in [-0.05, 0) is 29.7 Å². The van der Waals surface area contributed by atoms with Crippen LogP contribution in [0, 0.1) is 11.3 Å². The van der Waals surface area contributed by atoms with Crippen LogP contribution in [0.3, 0.4) is 0 Å². The summed E-state index contributed by atoms with van der Waals surface area (Å²) in [5, 5.41) is 6.93. The van der Waals surface area contributed by atoms with Gasteiger partial charge >= 0.3 is 0 Å². The molecule has 0 spiro atoms. The van der Waals surface area contributed by atoms with Crippen molar-refractivity contribution in [3.8, 4) is 0 Å². The predicted octanol–water partition coefficient (Wildman–Crippen LogP) is 2.83. The number of guanidine groups is 1. The first-order chi connectivity index (χ1) is 9.50. The van der Waals surface area contributed by atoms with E-state index in [1.165, 1.54) is 12.0 Å². The van der Waals surface area contributed by atoms with E-state index in [2.05, 4.69) is 66.7 Å². The Bertz CT molecular complexity index is 451. The van der Waals surface area contributed by atoms with Crippen LogP contribution >= 0.6 is 0 Å². The van der Waals surface area contributed by atoms with Crippen molar-refractivity contribution in [2.45, 2.75) is 39.7 Å². The number of hydrogen-bond donors (Lipinski definition) is 2. The van der Waals surface area contributed by atoms with E-state index in [0.717, 1.165) is 24.8 Å². The summed E-state index contributed by atoms with van der Waals surface area (Å²) < 4.78 is 0. The van der Waals surface area contributed by atoms with Crippen molar-refractivity contribution in [2.75, 3.05) is 13.6 Å². The Morgan fingerprint density at radius 1 is 1.30 bits per heavy atom. The van der Waals surface area contributed by atoms with Crippen LogP contribution in [0.5, 0.6) is 0 Å². The first kappa shape index (κ1) is 14.9. The Labute approximate surface area is 122 Å². The molecule has 1 aliphatic carbocycles. The summed E-state index contributed by atoms with van der Waals surface area (Å²) in [6.07, 6.45) is 2.33. The van der Waals surface area contributed by atoms with E-state index >= 15 is 0 Å². The second-order valence-corrected chi connectivity index (χ2v) is 6.72. The van der Waals surface area contributed by atoms with E-state index in [-0.39, 0.29) is 5.41 Å². The lowest BCUT2D eigenvalue weighted by Gasteiger charge is -2.26. The lowest BCUT2D eigenvalue weighted by atomic mass is 9.86. The van der Waals surface area contributed by atoms with Crippen molar-refractivity contribution in [3.05, 3.63) is 35.9 Å². The van der Waals surface area contributed by atoms with Crippen molar-refractivity contribution >= 4 is 5.96 Å². The molecule has 2 rings (SSSR count). The molecule has 0 aromatic heterocycles. The molecule has 20 heavy (non-hydrogen) atoms. The second kappa shape index (κ2) is 6.29. The van der Waals surface area contributed by atoms with Crippen LogP contribution in [0.25, 0.3) is 0 Å². The Morgan fingerprint density at radius 3 is 2.50 bits per heavy atom. The maximum absolute atomic E-state index is 4.31. The van der Waals surface area contributed by atoms with Crippen molar-refractivity contribution in [2.24, 2.45) is 16.3 Å². The monoisotopic (exact) mass is 273 g/mol. The number of aliphatic imine (C=N–C) groups is 1. The molecule has 3 nitrogen and oxygen atoms in total. The molecule has 1 aromatic rings. The molecular formula is C17H27N3. The highest BCUT2D eigenvalue weighted by Crippen LogP contribution is 2.28. The lowest BCUT2D eigenvalue weighted by molar-refractivity contribution is 0.359. The molecule has 2 atom stereocenters. The van der Waals surface area contributed by atoms with Gasteiger partial charge in [0, 0.05) is 19.6 Å². The van der Waals surface area contributed by atoms with Gasteiger partial charge in [0.2, 0.25) is 0 Å². The molecule has 0 radical (unpaired) electrons. The summed E-state index contributed by atoms with van der Waals surface area (Å²) in [6.45, 7) is 7.77. The number of hydrogen-bond acceptors (Lipinski definition) is 1. The molecular weight excluding hydrogens is 246 g/mol. The third kappa shape index (κ3) is 4.55. The minimum absolute atomic E-state index is 0.203. The largest absolute Gasteiger partial charge is 0.356 e. The van der Waals surface area contributed by atoms with Crippen LogP contribution in [-0.4, -0.2) is 25.6 Å². The number of benzene rings is 1. The van der Waals surface area contributed by atoms with E-state index in [4.69, 9.17) is 0 Å². The Hall–Kier alpha value is -1.51. The zero-order valence-corrected chi connectivity index (χ0v) is 13.1. The molecule has 2 N–H and O–H groups in total. The fraction of sp³-hybridized carbons (Fsp3) is 0.588. The fourth-order valence-corrected chi connectivity index (χ4v) is 2.43. The SMILES string of the molecule is CN=C(NCC(C)(C)Cc1ccccc1)NC1CC1C. The molecule has 0 bridgehead atoms. The molecule has 0 amide bonds. The Balaban J connectivity index is 1.81. The van der Waals surface area contributed by atoms with Gasteiger partial charge in [-0.15, -0.1) is 0 Å². The molecule has 110 valence electrons. The third-order valence-corrected chi connectivity index (χ3v) is 3.92. The minimum atomic E-state index is 0.203. The topological polar surface area (TPSA) is 36.4 Å². The molecule has 0 heterocycles. The van der Waals surface area contributed by atoms with Gasteiger partial charge in [-0.3, -0.25) is 4.99 Å². The van der Waals surface area contributed by atoms with Crippen molar-refractivity contribution in [1.82, 2.24) is 10.6 Å². The van der Waals surface area contributed by atoms with Crippen molar-refractivity contribution < 1.29 is 0 Å². The van der Waals surface area contributed by atoms with Gasteiger partial charge in [0.1, 0.15) is 0 Å². The summed E-state index contributed by atoms with van der Waals surface area (Å²) >= 11 is 0. The lowest BCUT2D eigenvalue weighted by Crippen LogP contribution is -2.43. The summed E-state index contributed by atoms with van der Waals surface area (Å²) in [7, 11) is 1.84. The van der Waals surface area contributed by atoms with E-state index in [1.54, 1.807) is 0 Å². The van der Waals surface area contributed by atoms with Gasteiger partial charge in [0.15, 0.2) is 5.96 Å². The molecule has 1 fully saturated rings. The van der Waals surface area contributed by atoms with E-state index in [9.17, 15) is 0 Å². The molecule has 0 saturated heterocycles. The fourth-order valence-electron chi connectivity index (χ4n) is 2.43. The summed E-state index contributed by atoms with van der Waals surface area (Å²) in [5.74, 6) is 1.71. The Kier molecular flexibility index (Phi) is 4.69. The molecule has 2 unspecified atom stereocenters. The summed E-state index contributed by atoms with van der Waals surface area (Å²) in [5.41, 5.74) is 1.59. The maximum Gasteiger partial charge on any atom is 0.191 e. The van der Waals surface area contributed by atoms with E-state index < -0.39 is 0 Å². The molecule has 1 aliphatic rings. The highest BCUT2D eigenvalue weighted by molar-refractivity contribution is 5.80. The molecule has 3 heteroatoms. The van der Waals surface area contributed by atoms with E-state index in [1.807, 2.05) is 7.05 Å². The van der Waals surface area contributed by atoms with Crippen LogP contribution in [0.2, 0.25) is 0 Å². The predicted molar refractivity (Wildman–Crippen MR) is 86.0 cm³/mol. The standard InChI is InChI=1S/C17H27N3/c1-13-10-15(13)20-16(18-4)19-12-17(2,3)11-14-8-6-5-7-9-14/h5-9,13,15H,10-12H2,1-4H3,(H2,18,19,20). The quantitative estimate of drug-likeness (QED) is 0.639. The first-order valence-corrected chi connectivity index (χ1v) is 7.51. The average molecular weight is 273 g/mol. The van der Waals surface area contributed by atoms with Gasteiger partial charge in [0.05, 0.1) is 0 Å². The zero-order chi connectivity index (χ0) is 14.6. The first-order valence-electron chi connectivity index (χ1n) is 7.51. The third-order valence-electron chi connectivity index (χ3n) is 3.92. The van der Waals surface area contributed by atoms with Crippen molar-refractivity contribution in [1.29, 1.82) is 0 Å². The van der Waals surface area contributed by atoms with Gasteiger partial charge in [-0.1, -0.05) is 51.1 Å². The molecule has 1 saturated carbocycles. The summed E-state index contributed by atoms with van der Waals surface area (Å²) in [6, 6.07) is 11.3. The smallest absolute Gasteiger partial charge is 0.191 e. The van der Waals surface area contributed by atoms with Crippen LogP contribution in [0.4, 0.5) is 0 Å². The normalized spacial score (nSPS) is 22.5. The number of nitrogens with zero attached hydrogens (tertiary/aromatic N) is 1. The van der Waals surface area contributed by atoms with Crippen LogP contribution in [-0.2, 0) is 6.42 Å². The zero-order valence-electron chi connectivity index (χ0n) is 13.1. The number of rotatable bonds is 5. The van der Waals surface area contributed by atoms with Crippen LogP contribution < -0.4 is 10.6 Å². The number of nitrogens with one attached hydrogen (secondary N) is 2. The van der Waals surface area contributed by atoms with Gasteiger partial charge in [-0.2, -0.15) is 0 Å². The van der Waals surface area contributed by atoms with Crippen molar-refractivity contribution in [3.63, 3.8) is 0 Å². The Morgan fingerprint density at radius 2 is 1.95 bits per heavy atom. The molecule has 0 aliphatic heterocycles. The highest BCUT2D eigenvalue weighted by atomic mass is 15.2. The maximum atomic E-state index is 4.31. The van der Waals surface area contributed by atoms with Gasteiger partial charge in [-0.25, -0.2) is 0 Å².